The molecule has 3 unspecified atom stereocenters. The van der Waals surface area contributed by atoms with E-state index in [1.807, 2.05) is 19.1 Å². The van der Waals surface area contributed by atoms with Crippen molar-refractivity contribution in [3.63, 3.8) is 0 Å². The molecule has 1 heterocycles. The van der Waals surface area contributed by atoms with Gasteiger partial charge in [-0.15, -0.1) is 0 Å². The molecule has 1 aliphatic rings. The lowest BCUT2D eigenvalue weighted by atomic mass is 9.76. The van der Waals surface area contributed by atoms with Crippen molar-refractivity contribution in [1.29, 1.82) is 0 Å². The number of rotatable bonds is 4. The highest BCUT2D eigenvalue weighted by atomic mass is 16.5. The maximum Gasteiger partial charge on any atom is 0.122 e. The van der Waals surface area contributed by atoms with Gasteiger partial charge in [0.2, 0.25) is 0 Å². The summed E-state index contributed by atoms with van der Waals surface area (Å²) in [5.74, 6) is 1.97. The molecule has 0 amide bonds. The van der Waals surface area contributed by atoms with E-state index in [2.05, 4.69) is 11.9 Å². The van der Waals surface area contributed by atoms with Crippen LogP contribution in [0.2, 0.25) is 0 Å². The first-order valence-corrected chi connectivity index (χ1v) is 7.32. The van der Waals surface area contributed by atoms with Gasteiger partial charge in [0.15, 0.2) is 0 Å². The van der Waals surface area contributed by atoms with E-state index in [9.17, 15) is 5.11 Å². The minimum absolute atomic E-state index is 0.170. The normalized spacial score (nSPS) is 27.3. The average Bonchev–Trinajstić information content (AvgIpc) is 2.40. The van der Waals surface area contributed by atoms with Crippen molar-refractivity contribution in [2.45, 2.75) is 52.1 Å². The van der Waals surface area contributed by atoms with E-state index in [4.69, 9.17) is 4.74 Å². The molecule has 0 saturated heterocycles. The molecule has 0 spiro atoms. The van der Waals surface area contributed by atoms with E-state index in [0.717, 1.165) is 42.3 Å². The Morgan fingerprint density at radius 1 is 1.37 bits per heavy atom. The molecule has 0 radical (unpaired) electrons. The summed E-state index contributed by atoms with van der Waals surface area (Å²) < 4.78 is 5.29. The van der Waals surface area contributed by atoms with Crippen LogP contribution in [0.15, 0.2) is 12.1 Å². The molecular formula is C16H25NO2. The Morgan fingerprint density at radius 2 is 2.16 bits per heavy atom. The largest absolute Gasteiger partial charge is 0.497 e. The number of aliphatic hydroxyl groups excluding tert-OH is 1. The van der Waals surface area contributed by atoms with E-state index < -0.39 is 0 Å². The van der Waals surface area contributed by atoms with E-state index in [0.29, 0.717) is 5.92 Å². The Bertz CT molecular complexity index is 419. The van der Waals surface area contributed by atoms with E-state index >= 15 is 0 Å². The zero-order valence-electron chi connectivity index (χ0n) is 12.2. The van der Waals surface area contributed by atoms with Crippen molar-refractivity contribution in [3.8, 4) is 5.75 Å². The Hall–Kier alpha value is -1.09. The first kappa shape index (κ1) is 14.3. The van der Waals surface area contributed by atoms with Gasteiger partial charge in [0.1, 0.15) is 5.75 Å². The summed E-state index contributed by atoms with van der Waals surface area (Å²) in [5.41, 5.74) is 2.02. The monoisotopic (exact) mass is 263 g/mol. The lowest BCUT2D eigenvalue weighted by molar-refractivity contribution is 0.0470. The third-order valence-electron chi connectivity index (χ3n) is 4.32. The SMILES string of the molecule is CCC1CCC(O)C(Cc2cc(OC)cc(C)n2)C1. The highest BCUT2D eigenvalue weighted by Crippen LogP contribution is 2.33. The van der Waals surface area contributed by atoms with Crippen LogP contribution in [-0.2, 0) is 6.42 Å². The molecule has 1 fully saturated rings. The van der Waals surface area contributed by atoms with Crippen LogP contribution in [0.1, 0.15) is 44.0 Å². The number of hydrogen-bond acceptors (Lipinski definition) is 3. The van der Waals surface area contributed by atoms with Crippen LogP contribution in [0.3, 0.4) is 0 Å². The molecule has 1 aliphatic carbocycles. The summed E-state index contributed by atoms with van der Waals surface area (Å²) in [5, 5.41) is 10.2. The summed E-state index contributed by atoms with van der Waals surface area (Å²) in [6.45, 7) is 4.23. The fraction of sp³-hybridized carbons (Fsp3) is 0.688. The smallest absolute Gasteiger partial charge is 0.122 e. The Balaban J connectivity index is 2.08. The minimum atomic E-state index is -0.170. The van der Waals surface area contributed by atoms with Crippen LogP contribution >= 0.6 is 0 Å². The number of ether oxygens (including phenoxy) is 1. The molecule has 106 valence electrons. The lowest BCUT2D eigenvalue weighted by Gasteiger charge is -2.32. The molecule has 1 aromatic rings. The van der Waals surface area contributed by atoms with Crippen molar-refractivity contribution in [3.05, 3.63) is 23.5 Å². The van der Waals surface area contributed by atoms with Crippen LogP contribution in [0.4, 0.5) is 0 Å². The van der Waals surface area contributed by atoms with Crippen molar-refractivity contribution in [2.75, 3.05) is 7.11 Å². The maximum atomic E-state index is 10.2. The number of aromatic nitrogens is 1. The number of aryl methyl sites for hydroxylation is 1. The third kappa shape index (κ3) is 3.69. The van der Waals surface area contributed by atoms with E-state index in [-0.39, 0.29) is 6.10 Å². The Labute approximate surface area is 116 Å². The van der Waals surface area contributed by atoms with Gasteiger partial charge in [-0.1, -0.05) is 13.3 Å². The van der Waals surface area contributed by atoms with Crippen LogP contribution in [-0.4, -0.2) is 23.3 Å². The van der Waals surface area contributed by atoms with Gasteiger partial charge in [0, 0.05) is 23.5 Å². The molecule has 0 bridgehead atoms. The number of pyridine rings is 1. The number of nitrogens with zero attached hydrogens (tertiary/aromatic N) is 1. The number of aliphatic hydroxyl groups is 1. The highest BCUT2D eigenvalue weighted by Gasteiger charge is 2.28. The van der Waals surface area contributed by atoms with Gasteiger partial charge in [-0.25, -0.2) is 0 Å². The Morgan fingerprint density at radius 3 is 2.84 bits per heavy atom. The summed E-state index contributed by atoms with van der Waals surface area (Å²) in [6, 6.07) is 3.94. The van der Waals surface area contributed by atoms with Gasteiger partial charge in [-0.05, 0) is 44.4 Å². The van der Waals surface area contributed by atoms with Crippen molar-refractivity contribution in [2.24, 2.45) is 11.8 Å². The van der Waals surface area contributed by atoms with E-state index in [1.165, 1.54) is 12.8 Å². The molecule has 19 heavy (non-hydrogen) atoms. The van der Waals surface area contributed by atoms with Crippen molar-refractivity contribution in [1.82, 2.24) is 4.98 Å². The topological polar surface area (TPSA) is 42.4 Å². The first-order chi connectivity index (χ1) is 9.12. The third-order valence-corrected chi connectivity index (χ3v) is 4.32. The molecule has 3 nitrogen and oxygen atoms in total. The van der Waals surface area contributed by atoms with Gasteiger partial charge in [-0.3, -0.25) is 4.98 Å². The molecule has 3 atom stereocenters. The van der Waals surface area contributed by atoms with Gasteiger partial charge < -0.3 is 9.84 Å². The van der Waals surface area contributed by atoms with Gasteiger partial charge >= 0.3 is 0 Å². The molecule has 1 aromatic heterocycles. The minimum Gasteiger partial charge on any atom is -0.497 e. The molecule has 0 aliphatic heterocycles. The lowest BCUT2D eigenvalue weighted by Crippen LogP contribution is -2.30. The van der Waals surface area contributed by atoms with Crippen molar-refractivity contribution >= 4 is 0 Å². The second-order valence-corrected chi connectivity index (χ2v) is 5.76. The molecular weight excluding hydrogens is 238 g/mol. The molecule has 1 saturated carbocycles. The van der Waals surface area contributed by atoms with Crippen molar-refractivity contribution < 1.29 is 9.84 Å². The first-order valence-electron chi connectivity index (χ1n) is 7.32. The van der Waals surface area contributed by atoms with Crippen LogP contribution < -0.4 is 4.74 Å². The fourth-order valence-corrected chi connectivity index (χ4v) is 3.13. The summed E-state index contributed by atoms with van der Waals surface area (Å²) >= 11 is 0. The quantitative estimate of drug-likeness (QED) is 0.907. The Kier molecular flexibility index (Phi) is 4.81. The summed E-state index contributed by atoms with van der Waals surface area (Å²) in [6.07, 6.45) is 5.13. The average molecular weight is 263 g/mol. The van der Waals surface area contributed by atoms with Gasteiger partial charge in [0.25, 0.3) is 0 Å². The highest BCUT2D eigenvalue weighted by molar-refractivity contribution is 5.27. The van der Waals surface area contributed by atoms with Gasteiger partial charge in [-0.2, -0.15) is 0 Å². The standard InChI is InChI=1S/C16H25NO2/c1-4-12-5-6-16(18)13(8-12)9-14-10-15(19-3)7-11(2)17-14/h7,10,12-13,16,18H,4-6,8-9H2,1-3H3. The second-order valence-electron chi connectivity index (χ2n) is 5.76. The molecule has 1 N–H and O–H groups in total. The summed E-state index contributed by atoms with van der Waals surface area (Å²) in [7, 11) is 1.68. The maximum absolute atomic E-state index is 10.2. The van der Waals surface area contributed by atoms with Crippen LogP contribution in [0, 0.1) is 18.8 Å². The zero-order chi connectivity index (χ0) is 13.8. The number of methoxy groups -OCH3 is 1. The summed E-state index contributed by atoms with van der Waals surface area (Å²) in [4.78, 5) is 4.57. The van der Waals surface area contributed by atoms with E-state index in [1.54, 1.807) is 7.11 Å². The fourth-order valence-electron chi connectivity index (χ4n) is 3.13. The molecule has 3 heteroatoms. The predicted octanol–water partition coefficient (Wildman–Crippen LogP) is 3.13. The second kappa shape index (κ2) is 6.38. The van der Waals surface area contributed by atoms with Gasteiger partial charge in [0.05, 0.1) is 13.2 Å². The van der Waals surface area contributed by atoms with Crippen LogP contribution in [0.25, 0.3) is 0 Å². The predicted molar refractivity (Wildman–Crippen MR) is 76.4 cm³/mol. The van der Waals surface area contributed by atoms with Crippen LogP contribution in [0.5, 0.6) is 5.75 Å². The number of hydrogen-bond donors (Lipinski definition) is 1. The molecule has 2 rings (SSSR count). The zero-order valence-corrected chi connectivity index (χ0v) is 12.2. The molecule has 0 aromatic carbocycles.